The first kappa shape index (κ1) is 18.1. The molecule has 4 aromatic rings. The number of carbonyl (C=O) groups is 1. The number of anilines is 2. The Bertz CT molecular complexity index is 1200. The summed E-state index contributed by atoms with van der Waals surface area (Å²) < 4.78 is 13.2. The third-order valence-corrected chi connectivity index (χ3v) is 5.68. The first-order valence-corrected chi connectivity index (χ1v) is 9.57. The number of hydrogen-bond donors (Lipinski definition) is 2. The number of carbonyl (C=O) groups excluding carboxylic acids is 1. The Balaban J connectivity index is 1.68. The average Bonchev–Trinajstić information content (AvgIpc) is 3.01. The Morgan fingerprint density at radius 3 is 2.54 bits per heavy atom. The third kappa shape index (κ3) is 3.34. The summed E-state index contributed by atoms with van der Waals surface area (Å²) in [6, 6.07) is 15.7. The van der Waals surface area contributed by atoms with E-state index in [0.717, 1.165) is 27.8 Å². The lowest BCUT2D eigenvalue weighted by atomic mass is 10.1. The van der Waals surface area contributed by atoms with Crippen molar-refractivity contribution in [3.63, 3.8) is 0 Å². The molecule has 0 aliphatic rings. The van der Waals surface area contributed by atoms with Crippen LogP contribution in [-0.4, -0.2) is 10.9 Å². The van der Waals surface area contributed by atoms with E-state index in [-0.39, 0.29) is 11.7 Å². The Morgan fingerprint density at radius 2 is 1.82 bits per heavy atom. The third-order valence-electron chi connectivity index (χ3n) is 4.57. The zero-order valence-corrected chi connectivity index (χ0v) is 16.2. The largest absolute Gasteiger partial charge is 0.397 e. The number of aryl methyl sites for hydroxylation is 2. The summed E-state index contributed by atoms with van der Waals surface area (Å²) in [5, 5.41) is 3.67. The van der Waals surface area contributed by atoms with Crippen molar-refractivity contribution in [1.29, 1.82) is 0 Å². The fraction of sp³-hybridized carbons (Fsp3) is 0.0909. The number of nitrogens with one attached hydrogen (secondary N) is 1. The highest BCUT2D eigenvalue weighted by Gasteiger charge is 2.18. The summed E-state index contributed by atoms with van der Waals surface area (Å²) in [5.74, 6) is -0.550. The molecule has 4 rings (SSSR count). The van der Waals surface area contributed by atoms with E-state index in [1.165, 1.54) is 23.5 Å². The van der Waals surface area contributed by atoms with E-state index in [0.29, 0.717) is 21.1 Å². The van der Waals surface area contributed by atoms with Crippen molar-refractivity contribution in [2.75, 3.05) is 11.1 Å². The van der Waals surface area contributed by atoms with Crippen molar-refractivity contribution in [2.24, 2.45) is 0 Å². The van der Waals surface area contributed by atoms with Crippen LogP contribution in [0.15, 0.2) is 54.6 Å². The van der Waals surface area contributed by atoms with Gasteiger partial charge < -0.3 is 11.1 Å². The normalized spacial score (nSPS) is 11.0. The minimum atomic E-state index is -0.296. The number of rotatable bonds is 3. The van der Waals surface area contributed by atoms with Gasteiger partial charge in [0, 0.05) is 16.6 Å². The molecule has 2 aromatic heterocycles. The smallest absolute Gasteiger partial charge is 0.267 e. The highest BCUT2D eigenvalue weighted by Crippen LogP contribution is 2.35. The van der Waals surface area contributed by atoms with Crippen molar-refractivity contribution >= 4 is 38.8 Å². The molecule has 0 aliphatic carbocycles. The SMILES string of the molecule is Cc1ccc(NC(=O)c2sc3nc(-c4ccc(F)cc4)ccc3c2N)c(C)c1. The highest BCUT2D eigenvalue weighted by atomic mass is 32.1. The van der Waals surface area contributed by atoms with Gasteiger partial charge in [-0.3, -0.25) is 4.79 Å². The second kappa shape index (κ2) is 7.05. The van der Waals surface area contributed by atoms with E-state index in [1.54, 1.807) is 12.1 Å². The molecule has 0 fully saturated rings. The summed E-state index contributed by atoms with van der Waals surface area (Å²) in [4.78, 5) is 18.5. The maximum atomic E-state index is 13.2. The predicted molar refractivity (Wildman–Crippen MR) is 113 cm³/mol. The van der Waals surface area contributed by atoms with Gasteiger partial charge in [-0.05, 0) is 61.9 Å². The summed E-state index contributed by atoms with van der Waals surface area (Å²) in [5.41, 5.74) is 11.0. The second-order valence-electron chi connectivity index (χ2n) is 6.67. The van der Waals surface area contributed by atoms with Gasteiger partial charge in [-0.2, -0.15) is 0 Å². The molecule has 140 valence electrons. The van der Waals surface area contributed by atoms with Gasteiger partial charge in [0.15, 0.2) is 0 Å². The molecule has 0 radical (unpaired) electrons. The van der Waals surface area contributed by atoms with Crippen LogP contribution in [0, 0.1) is 19.7 Å². The quantitative estimate of drug-likeness (QED) is 0.481. The monoisotopic (exact) mass is 391 g/mol. The highest BCUT2D eigenvalue weighted by molar-refractivity contribution is 7.21. The number of nitrogens with two attached hydrogens (primary N) is 1. The van der Waals surface area contributed by atoms with Gasteiger partial charge in [0.1, 0.15) is 15.5 Å². The number of nitrogens with zero attached hydrogens (tertiary/aromatic N) is 1. The lowest BCUT2D eigenvalue weighted by Gasteiger charge is -2.08. The van der Waals surface area contributed by atoms with Gasteiger partial charge in [-0.15, -0.1) is 11.3 Å². The van der Waals surface area contributed by atoms with Crippen LogP contribution in [0.1, 0.15) is 20.8 Å². The van der Waals surface area contributed by atoms with Crippen molar-refractivity contribution in [2.45, 2.75) is 13.8 Å². The van der Waals surface area contributed by atoms with E-state index >= 15 is 0 Å². The molecule has 1 amide bonds. The maximum Gasteiger partial charge on any atom is 0.267 e. The number of halogens is 1. The van der Waals surface area contributed by atoms with Crippen LogP contribution < -0.4 is 11.1 Å². The van der Waals surface area contributed by atoms with E-state index in [9.17, 15) is 9.18 Å². The molecule has 0 atom stereocenters. The Kier molecular flexibility index (Phi) is 4.57. The number of amides is 1. The minimum Gasteiger partial charge on any atom is -0.397 e. The molecule has 2 heterocycles. The fourth-order valence-electron chi connectivity index (χ4n) is 3.08. The minimum absolute atomic E-state index is 0.254. The number of aromatic nitrogens is 1. The number of hydrogen-bond acceptors (Lipinski definition) is 4. The van der Waals surface area contributed by atoms with E-state index in [2.05, 4.69) is 10.3 Å². The standard InChI is InChI=1S/C22H18FN3OS/c1-12-3-9-17(13(2)11-12)25-21(27)20-19(24)16-8-10-18(26-22(16)28-20)14-4-6-15(23)7-5-14/h3-11H,24H2,1-2H3,(H,25,27). The molecule has 0 unspecified atom stereocenters. The number of fused-ring (bicyclic) bond motifs is 1. The number of benzene rings is 2. The second-order valence-corrected chi connectivity index (χ2v) is 7.67. The number of thiophene rings is 1. The molecule has 2 aromatic carbocycles. The first-order chi connectivity index (χ1) is 13.4. The van der Waals surface area contributed by atoms with Gasteiger partial charge in [0.25, 0.3) is 5.91 Å². The molecule has 0 spiro atoms. The van der Waals surface area contributed by atoms with Gasteiger partial charge >= 0.3 is 0 Å². The van der Waals surface area contributed by atoms with Crippen molar-refractivity contribution in [1.82, 2.24) is 4.98 Å². The average molecular weight is 391 g/mol. The van der Waals surface area contributed by atoms with Crippen LogP contribution in [0.25, 0.3) is 21.5 Å². The Hall–Kier alpha value is -3.25. The summed E-state index contributed by atoms with van der Waals surface area (Å²) >= 11 is 1.25. The Morgan fingerprint density at radius 1 is 1.07 bits per heavy atom. The molecule has 0 saturated carbocycles. The molecule has 6 heteroatoms. The molecule has 4 nitrogen and oxygen atoms in total. The van der Waals surface area contributed by atoms with E-state index < -0.39 is 0 Å². The van der Waals surface area contributed by atoms with Crippen LogP contribution in [-0.2, 0) is 0 Å². The topological polar surface area (TPSA) is 68.0 Å². The van der Waals surface area contributed by atoms with Crippen LogP contribution >= 0.6 is 11.3 Å². The van der Waals surface area contributed by atoms with E-state index in [1.807, 2.05) is 44.2 Å². The van der Waals surface area contributed by atoms with Crippen LogP contribution in [0.5, 0.6) is 0 Å². The van der Waals surface area contributed by atoms with Crippen LogP contribution in [0.4, 0.5) is 15.8 Å². The lowest BCUT2D eigenvalue weighted by Crippen LogP contribution is -2.12. The van der Waals surface area contributed by atoms with Gasteiger partial charge in [-0.25, -0.2) is 9.37 Å². The van der Waals surface area contributed by atoms with Gasteiger partial charge in [0.05, 0.1) is 11.4 Å². The number of nitrogen functional groups attached to an aromatic ring is 1. The maximum absolute atomic E-state index is 13.2. The molecule has 0 saturated heterocycles. The van der Waals surface area contributed by atoms with E-state index in [4.69, 9.17) is 5.73 Å². The molecular weight excluding hydrogens is 373 g/mol. The van der Waals surface area contributed by atoms with Crippen molar-refractivity contribution in [3.8, 4) is 11.3 Å². The summed E-state index contributed by atoms with van der Waals surface area (Å²) in [6.45, 7) is 3.96. The van der Waals surface area contributed by atoms with Gasteiger partial charge in [-0.1, -0.05) is 17.7 Å². The first-order valence-electron chi connectivity index (χ1n) is 8.76. The van der Waals surface area contributed by atoms with Gasteiger partial charge in [0.2, 0.25) is 0 Å². The number of pyridine rings is 1. The lowest BCUT2D eigenvalue weighted by molar-refractivity contribution is 0.103. The molecule has 28 heavy (non-hydrogen) atoms. The van der Waals surface area contributed by atoms with Crippen LogP contribution in [0.2, 0.25) is 0 Å². The van der Waals surface area contributed by atoms with Crippen LogP contribution in [0.3, 0.4) is 0 Å². The summed E-state index contributed by atoms with van der Waals surface area (Å²) in [6.07, 6.45) is 0. The molecule has 0 aliphatic heterocycles. The molecule has 0 bridgehead atoms. The fourth-order valence-corrected chi connectivity index (χ4v) is 4.07. The zero-order chi connectivity index (χ0) is 19.8. The predicted octanol–water partition coefficient (Wildman–Crippen LogP) is 5.55. The Labute approximate surface area is 165 Å². The zero-order valence-electron chi connectivity index (χ0n) is 15.4. The van der Waals surface area contributed by atoms with Crippen molar-refractivity contribution in [3.05, 3.63) is 76.4 Å². The molecule has 3 N–H and O–H groups in total. The molecular formula is C22H18FN3OS. The summed E-state index contributed by atoms with van der Waals surface area (Å²) in [7, 11) is 0. The van der Waals surface area contributed by atoms with Crippen molar-refractivity contribution < 1.29 is 9.18 Å².